The molecule has 110 valence electrons. The Hall–Kier alpha value is -0.860. The highest BCUT2D eigenvalue weighted by Crippen LogP contribution is 2.27. The van der Waals surface area contributed by atoms with Crippen molar-refractivity contribution in [2.24, 2.45) is 5.92 Å². The molecule has 0 aliphatic heterocycles. The molecule has 0 radical (unpaired) electrons. The third-order valence-corrected chi connectivity index (χ3v) is 4.77. The van der Waals surface area contributed by atoms with Crippen LogP contribution in [0.3, 0.4) is 0 Å². The molecule has 0 spiro atoms. The summed E-state index contributed by atoms with van der Waals surface area (Å²) in [5, 5.41) is 7.37. The highest BCUT2D eigenvalue weighted by Gasteiger charge is 2.10. The van der Waals surface area contributed by atoms with E-state index in [1.807, 2.05) is 11.3 Å². The van der Waals surface area contributed by atoms with Crippen molar-refractivity contribution < 1.29 is 0 Å². The lowest BCUT2D eigenvalue weighted by Gasteiger charge is -2.22. The minimum Gasteiger partial charge on any atom is -0.312 e. The van der Waals surface area contributed by atoms with Gasteiger partial charge in [0.2, 0.25) is 0 Å². The van der Waals surface area contributed by atoms with Crippen LogP contribution in [0.4, 0.5) is 0 Å². The molecule has 2 rings (SSSR count). The molecule has 0 saturated carbocycles. The minimum absolute atomic E-state index is 0.239. The van der Waals surface area contributed by atoms with E-state index in [-0.39, 0.29) is 5.54 Å². The number of thiophene rings is 1. The second-order valence-corrected chi connectivity index (χ2v) is 7.78. The maximum Gasteiger partial charge on any atom is 0.0345 e. The lowest BCUT2D eigenvalue weighted by atomic mass is 9.97. The highest BCUT2D eigenvalue weighted by molar-refractivity contribution is 7.17. The van der Waals surface area contributed by atoms with Crippen molar-refractivity contribution in [3.63, 3.8) is 0 Å². The normalized spacial score (nSPS) is 13.8. The molecule has 1 N–H and O–H groups in total. The zero-order valence-electron chi connectivity index (χ0n) is 13.2. The van der Waals surface area contributed by atoms with Crippen LogP contribution in [0.25, 0.3) is 10.1 Å². The van der Waals surface area contributed by atoms with Gasteiger partial charge in [-0.25, -0.2) is 0 Å². The van der Waals surface area contributed by atoms with Gasteiger partial charge >= 0.3 is 0 Å². The molecule has 1 atom stereocenters. The number of hydrogen-bond acceptors (Lipinski definition) is 2. The first kappa shape index (κ1) is 15.5. The van der Waals surface area contributed by atoms with Gasteiger partial charge in [0.25, 0.3) is 0 Å². The number of hydrogen-bond donors (Lipinski definition) is 1. The molecular formula is C18H27NS. The Kier molecular flexibility index (Phi) is 5.22. The number of rotatable bonds is 6. The number of benzene rings is 1. The van der Waals surface area contributed by atoms with Crippen molar-refractivity contribution in [3.8, 4) is 0 Å². The van der Waals surface area contributed by atoms with E-state index >= 15 is 0 Å². The van der Waals surface area contributed by atoms with Crippen molar-refractivity contribution in [3.05, 3.63) is 35.2 Å². The number of fused-ring (bicyclic) bond motifs is 1. The summed E-state index contributed by atoms with van der Waals surface area (Å²) in [6.07, 6.45) is 3.76. The average molecular weight is 289 g/mol. The lowest BCUT2D eigenvalue weighted by Crippen LogP contribution is -2.36. The van der Waals surface area contributed by atoms with E-state index in [1.165, 1.54) is 34.9 Å². The summed E-state index contributed by atoms with van der Waals surface area (Å²) in [5.74, 6) is 0.781. The molecule has 0 aliphatic rings. The van der Waals surface area contributed by atoms with Crippen LogP contribution < -0.4 is 5.32 Å². The second kappa shape index (κ2) is 6.73. The van der Waals surface area contributed by atoms with Gasteiger partial charge in [0, 0.05) is 10.2 Å². The summed E-state index contributed by atoms with van der Waals surface area (Å²) in [7, 11) is 0. The van der Waals surface area contributed by atoms with Crippen LogP contribution in [0.15, 0.2) is 29.6 Å². The lowest BCUT2D eigenvalue weighted by molar-refractivity contribution is 0.387. The van der Waals surface area contributed by atoms with Crippen LogP contribution in [0.5, 0.6) is 0 Å². The fraction of sp³-hybridized carbons (Fsp3) is 0.556. The SMILES string of the molecule is CC(CCNC(C)(C)C)CCc1csc2ccccc12. The quantitative estimate of drug-likeness (QED) is 0.766. The zero-order valence-corrected chi connectivity index (χ0v) is 14.0. The van der Waals surface area contributed by atoms with Crippen LogP contribution in [0, 0.1) is 5.92 Å². The van der Waals surface area contributed by atoms with Crippen LogP contribution in [-0.4, -0.2) is 12.1 Å². The third-order valence-electron chi connectivity index (χ3n) is 3.76. The van der Waals surface area contributed by atoms with E-state index < -0.39 is 0 Å². The summed E-state index contributed by atoms with van der Waals surface area (Å²) >= 11 is 1.87. The van der Waals surface area contributed by atoms with E-state index in [2.05, 4.69) is 62.7 Å². The van der Waals surface area contributed by atoms with Crippen molar-refractivity contribution in [2.45, 2.75) is 52.5 Å². The highest BCUT2D eigenvalue weighted by atomic mass is 32.1. The van der Waals surface area contributed by atoms with Crippen LogP contribution in [-0.2, 0) is 6.42 Å². The summed E-state index contributed by atoms with van der Waals surface area (Å²) < 4.78 is 1.42. The van der Waals surface area contributed by atoms with E-state index in [4.69, 9.17) is 0 Å². The van der Waals surface area contributed by atoms with E-state index in [0.29, 0.717) is 0 Å². The van der Waals surface area contributed by atoms with E-state index in [1.54, 1.807) is 0 Å². The molecule has 1 unspecified atom stereocenters. The Bertz CT molecular complexity index is 536. The second-order valence-electron chi connectivity index (χ2n) is 6.87. The molecule has 2 aromatic rings. The van der Waals surface area contributed by atoms with E-state index in [9.17, 15) is 0 Å². The maximum absolute atomic E-state index is 3.58. The number of aryl methyl sites for hydroxylation is 1. The first-order valence-corrected chi connectivity index (χ1v) is 8.54. The Morgan fingerprint density at radius 3 is 2.65 bits per heavy atom. The van der Waals surface area contributed by atoms with Crippen molar-refractivity contribution in [1.82, 2.24) is 5.32 Å². The number of nitrogens with one attached hydrogen (secondary N) is 1. The predicted octanol–water partition coefficient (Wildman–Crippen LogP) is 5.25. The monoisotopic (exact) mass is 289 g/mol. The van der Waals surface area contributed by atoms with Gasteiger partial charge in [-0.1, -0.05) is 25.1 Å². The molecule has 1 aromatic heterocycles. The van der Waals surface area contributed by atoms with Gasteiger partial charge in [0.05, 0.1) is 0 Å². The van der Waals surface area contributed by atoms with Crippen LogP contribution >= 0.6 is 11.3 Å². The molecule has 0 bridgehead atoms. The van der Waals surface area contributed by atoms with Gasteiger partial charge < -0.3 is 5.32 Å². The Morgan fingerprint density at radius 2 is 1.90 bits per heavy atom. The predicted molar refractivity (Wildman–Crippen MR) is 91.7 cm³/mol. The summed E-state index contributed by atoms with van der Waals surface area (Å²) in [6.45, 7) is 10.2. The molecular weight excluding hydrogens is 262 g/mol. The Balaban J connectivity index is 1.80. The molecule has 0 amide bonds. The van der Waals surface area contributed by atoms with Gasteiger partial charge in [-0.2, -0.15) is 0 Å². The molecule has 0 saturated heterocycles. The summed E-state index contributed by atoms with van der Waals surface area (Å²) in [4.78, 5) is 0. The molecule has 1 nitrogen and oxygen atoms in total. The molecule has 20 heavy (non-hydrogen) atoms. The first-order chi connectivity index (χ1) is 9.46. The first-order valence-electron chi connectivity index (χ1n) is 7.66. The largest absolute Gasteiger partial charge is 0.312 e. The smallest absolute Gasteiger partial charge is 0.0345 e. The molecule has 1 heterocycles. The van der Waals surface area contributed by atoms with Gasteiger partial charge in [0.15, 0.2) is 0 Å². The summed E-state index contributed by atoms with van der Waals surface area (Å²) in [6, 6.07) is 8.76. The van der Waals surface area contributed by atoms with Crippen molar-refractivity contribution >= 4 is 21.4 Å². The van der Waals surface area contributed by atoms with Crippen LogP contribution in [0.2, 0.25) is 0 Å². The fourth-order valence-electron chi connectivity index (χ4n) is 2.47. The molecule has 0 fully saturated rings. The van der Waals surface area contributed by atoms with E-state index in [0.717, 1.165) is 12.5 Å². The van der Waals surface area contributed by atoms with Gasteiger partial charge in [-0.3, -0.25) is 0 Å². The molecule has 2 heteroatoms. The van der Waals surface area contributed by atoms with Gasteiger partial charge in [-0.15, -0.1) is 11.3 Å². The van der Waals surface area contributed by atoms with Crippen molar-refractivity contribution in [1.29, 1.82) is 0 Å². The molecule has 0 aliphatic carbocycles. The zero-order chi connectivity index (χ0) is 14.6. The Labute approximate surface area is 127 Å². The average Bonchev–Trinajstić information content (AvgIpc) is 2.78. The van der Waals surface area contributed by atoms with Crippen molar-refractivity contribution in [2.75, 3.05) is 6.54 Å². The fourth-order valence-corrected chi connectivity index (χ4v) is 3.46. The molecule has 1 aromatic carbocycles. The van der Waals surface area contributed by atoms with Crippen LogP contribution in [0.1, 0.15) is 46.1 Å². The minimum atomic E-state index is 0.239. The van der Waals surface area contributed by atoms with Gasteiger partial charge in [0.1, 0.15) is 0 Å². The third kappa shape index (κ3) is 4.60. The topological polar surface area (TPSA) is 12.0 Å². The van der Waals surface area contributed by atoms with Gasteiger partial charge in [-0.05, 0) is 74.9 Å². The summed E-state index contributed by atoms with van der Waals surface area (Å²) in [5.41, 5.74) is 1.77. The Morgan fingerprint density at radius 1 is 1.15 bits per heavy atom. The standard InChI is InChI=1S/C18H27NS/c1-14(11-12-19-18(2,3)4)9-10-15-13-20-17-8-6-5-7-16(15)17/h5-8,13-14,19H,9-12H2,1-4H3. The maximum atomic E-state index is 3.58.